The predicted molar refractivity (Wildman–Crippen MR) is 252 cm³/mol. The highest BCUT2D eigenvalue weighted by atomic mass is 32.1. The minimum Gasteiger partial charge on any atom is -0.309 e. The number of benzene rings is 10. The van der Waals surface area contributed by atoms with E-state index in [1.165, 1.54) is 91.9 Å². The molecular formula is C57H37NS. The van der Waals surface area contributed by atoms with Crippen molar-refractivity contribution < 1.29 is 0 Å². The van der Waals surface area contributed by atoms with Gasteiger partial charge in [0.05, 0.1) is 16.8 Å². The highest BCUT2D eigenvalue weighted by molar-refractivity contribution is 7.26. The van der Waals surface area contributed by atoms with Crippen LogP contribution >= 0.6 is 11.3 Å². The number of nitrogens with zero attached hydrogens (tertiary/aromatic N) is 1. The fourth-order valence-electron chi connectivity index (χ4n) is 10.1. The van der Waals surface area contributed by atoms with Crippen LogP contribution in [0.15, 0.2) is 224 Å². The van der Waals surface area contributed by atoms with Crippen LogP contribution in [0.2, 0.25) is 0 Å². The van der Waals surface area contributed by atoms with Gasteiger partial charge in [0, 0.05) is 31.2 Å². The molecule has 0 atom stereocenters. The molecule has 1 heterocycles. The van der Waals surface area contributed by atoms with Crippen LogP contribution in [0.25, 0.3) is 64.0 Å². The van der Waals surface area contributed by atoms with Crippen LogP contribution in [0.3, 0.4) is 0 Å². The van der Waals surface area contributed by atoms with Crippen LogP contribution in [0.1, 0.15) is 22.3 Å². The third kappa shape index (κ3) is 5.03. The lowest BCUT2D eigenvalue weighted by atomic mass is 9.67. The molecule has 276 valence electrons. The van der Waals surface area contributed by atoms with Crippen LogP contribution in [-0.2, 0) is 5.41 Å². The maximum Gasteiger partial charge on any atom is 0.0714 e. The lowest BCUT2D eigenvalue weighted by Crippen LogP contribution is -2.28. The van der Waals surface area contributed by atoms with Crippen LogP contribution in [0, 0.1) is 0 Å². The smallest absolute Gasteiger partial charge is 0.0714 e. The Morgan fingerprint density at radius 1 is 0.339 bits per heavy atom. The normalized spacial score (nSPS) is 12.9. The summed E-state index contributed by atoms with van der Waals surface area (Å²) >= 11 is 1.87. The van der Waals surface area contributed by atoms with Crippen molar-refractivity contribution in [2.45, 2.75) is 5.41 Å². The predicted octanol–water partition coefficient (Wildman–Crippen LogP) is 15.9. The first-order chi connectivity index (χ1) is 29.3. The van der Waals surface area contributed by atoms with Crippen molar-refractivity contribution in [2.75, 3.05) is 4.90 Å². The minimum atomic E-state index is -0.516. The molecule has 0 spiro atoms. The number of anilines is 3. The Balaban J connectivity index is 1.16. The largest absolute Gasteiger partial charge is 0.309 e. The van der Waals surface area contributed by atoms with Gasteiger partial charge in [-0.2, -0.15) is 0 Å². The maximum absolute atomic E-state index is 2.53. The van der Waals surface area contributed by atoms with Gasteiger partial charge in [-0.3, -0.25) is 0 Å². The minimum absolute atomic E-state index is 0.516. The first kappa shape index (κ1) is 33.8. The van der Waals surface area contributed by atoms with E-state index in [-0.39, 0.29) is 0 Å². The number of fused-ring (bicyclic) bond motifs is 8. The number of thiophene rings is 1. The molecule has 0 N–H and O–H groups in total. The molecule has 1 nitrogen and oxygen atoms in total. The number of rotatable bonds is 6. The molecule has 12 rings (SSSR count). The van der Waals surface area contributed by atoms with E-state index in [0.29, 0.717) is 0 Å². The third-order valence-corrected chi connectivity index (χ3v) is 13.7. The van der Waals surface area contributed by atoms with Crippen molar-refractivity contribution >= 4 is 70.1 Å². The van der Waals surface area contributed by atoms with Crippen molar-refractivity contribution in [3.63, 3.8) is 0 Å². The molecule has 0 saturated heterocycles. The molecule has 0 radical (unpaired) electrons. The summed E-state index contributed by atoms with van der Waals surface area (Å²) < 4.78 is 2.57. The molecule has 0 saturated carbocycles. The lowest BCUT2D eigenvalue weighted by Gasteiger charge is -2.35. The number of hydrogen-bond donors (Lipinski definition) is 0. The SMILES string of the molecule is c1ccc(C2(c3cccc(N(c4ccc(-c5cccc6ccccc56)c5ccccc45)c4cccc5sc6ccccc6c45)c3)c3ccccc3-c3ccccc32)cc1. The topological polar surface area (TPSA) is 3.24 Å². The molecule has 0 aliphatic heterocycles. The van der Waals surface area contributed by atoms with Gasteiger partial charge < -0.3 is 4.90 Å². The van der Waals surface area contributed by atoms with Crippen LogP contribution < -0.4 is 4.90 Å². The maximum atomic E-state index is 2.53. The quantitative estimate of drug-likeness (QED) is 0.163. The second kappa shape index (κ2) is 13.4. The van der Waals surface area contributed by atoms with Gasteiger partial charge in [-0.25, -0.2) is 0 Å². The number of hydrogen-bond acceptors (Lipinski definition) is 2. The molecular weight excluding hydrogens is 731 g/mol. The molecule has 2 heteroatoms. The summed E-state index contributed by atoms with van der Waals surface area (Å²) in [5.41, 5.74) is 13.1. The van der Waals surface area contributed by atoms with E-state index in [1.807, 2.05) is 11.3 Å². The Morgan fingerprint density at radius 2 is 0.898 bits per heavy atom. The summed E-state index contributed by atoms with van der Waals surface area (Å²) in [6.45, 7) is 0. The average molecular weight is 768 g/mol. The van der Waals surface area contributed by atoms with Crippen LogP contribution in [0.5, 0.6) is 0 Å². The van der Waals surface area contributed by atoms with Gasteiger partial charge in [-0.1, -0.05) is 188 Å². The summed E-state index contributed by atoms with van der Waals surface area (Å²) in [5, 5.41) is 7.49. The standard InChI is InChI=1S/C57H37NS/c1-2-19-39(20-3-1)57(50-30-11-8-25-46(50)47-26-9-12-31-51(47)57)40-21-15-22-41(37-40)58(53-32-16-34-55-56(53)49-28-10-13-33-54(49)59-55)52-36-35-45(44-24-6-7-27-48(44)52)43-29-14-18-38-17-4-5-23-42(38)43/h1-37H. The van der Waals surface area contributed by atoms with E-state index in [1.54, 1.807) is 0 Å². The van der Waals surface area contributed by atoms with Gasteiger partial charge in [0.1, 0.15) is 0 Å². The Bertz CT molecular complexity index is 3360. The Kier molecular flexibility index (Phi) is 7.69. The third-order valence-electron chi connectivity index (χ3n) is 12.5. The average Bonchev–Trinajstić information content (AvgIpc) is 3.84. The zero-order valence-corrected chi connectivity index (χ0v) is 33.0. The molecule has 1 aliphatic rings. The summed E-state index contributed by atoms with van der Waals surface area (Å²) in [5.74, 6) is 0. The van der Waals surface area contributed by atoms with Crippen molar-refractivity contribution in [3.05, 3.63) is 247 Å². The zero-order chi connectivity index (χ0) is 38.9. The summed E-state index contributed by atoms with van der Waals surface area (Å²) in [6, 6.07) is 83.2. The highest BCUT2D eigenvalue weighted by Crippen LogP contribution is 2.57. The Labute approximate surface area is 347 Å². The Hall–Kier alpha value is -7.26. The van der Waals surface area contributed by atoms with Gasteiger partial charge in [-0.15, -0.1) is 11.3 Å². The molecule has 10 aromatic carbocycles. The molecule has 0 bridgehead atoms. The first-order valence-corrected chi connectivity index (χ1v) is 21.2. The fourth-order valence-corrected chi connectivity index (χ4v) is 11.2. The van der Waals surface area contributed by atoms with Gasteiger partial charge in [0.15, 0.2) is 0 Å². The molecule has 59 heavy (non-hydrogen) atoms. The van der Waals surface area contributed by atoms with E-state index in [0.717, 1.165) is 11.4 Å². The van der Waals surface area contributed by atoms with Gasteiger partial charge in [-0.05, 0) is 97.1 Å². The monoisotopic (exact) mass is 767 g/mol. The molecule has 0 unspecified atom stereocenters. The first-order valence-electron chi connectivity index (χ1n) is 20.3. The Morgan fingerprint density at radius 3 is 1.71 bits per heavy atom. The lowest BCUT2D eigenvalue weighted by molar-refractivity contribution is 0.768. The van der Waals surface area contributed by atoms with E-state index in [4.69, 9.17) is 0 Å². The molecule has 1 aromatic heterocycles. The van der Waals surface area contributed by atoms with Gasteiger partial charge in [0.2, 0.25) is 0 Å². The second-order valence-electron chi connectivity index (χ2n) is 15.5. The van der Waals surface area contributed by atoms with Crippen molar-refractivity contribution in [3.8, 4) is 22.3 Å². The van der Waals surface area contributed by atoms with E-state index >= 15 is 0 Å². The molecule has 1 aliphatic carbocycles. The fraction of sp³-hybridized carbons (Fsp3) is 0.0175. The highest BCUT2D eigenvalue weighted by Gasteiger charge is 2.46. The molecule has 11 aromatic rings. The van der Waals surface area contributed by atoms with E-state index in [9.17, 15) is 0 Å². The second-order valence-corrected chi connectivity index (χ2v) is 16.6. The zero-order valence-electron chi connectivity index (χ0n) is 32.2. The summed E-state index contributed by atoms with van der Waals surface area (Å²) in [6.07, 6.45) is 0. The van der Waals surface area contributed by atoms with Crippen molar-refractivity contribution in [2.24, 2.45) is 0 Å². The molecule has 0 amide bonds. The van der Waals surface area contributed by atoms with Crippen molar-refractivity contribution in [1.29, 1.82) is 0 Å². The summed E-state index contributed by atoms with van der Waals surface area (Å²) in [4.78, 5) is 2.53. The van der Waals surface area contributed by atoms with E-state index in [2.05, 4.69) is 229 Å². The van der Waals surface area contributed by atoms with E-state index < -0.39 is 5.41 Å². The summed E-state index contributed by atoms with van der Waals surface area (Å²) in [7, 11) is 0. The van der Waals surface area contributed by atoms with Crippen molar-refractivity contribution in [1.82, 2.24) is 0 Å². The van der Waals surface area contributed by atoms with Gasteiger partial charge in [0.25, 0.3) is 0 Å². The van der Waals surface area contributed by atoms with Gasteiger partial charge >= 0.3 is 0 Å². The molecule has 0 fully saturated rings. The van der Waals surface area contributed by atoms with Crippen LogP contribution in [0.4, 0.5) is 17.1 Å². The van der Waals surface area contributed by atoms with Crippen LogP contribution in [-0.4, -0.2) is 0 Å².